The van der Waals surface area contributed by atoms with Gasteiger partial charge in [-0.15, -0.1) is 0 Å². The number of nitrogen functional groups attached to an aromatic ring is 1. The average molecular weight is 280 g/mol. The molecule has 6 heteroatoms. The van der Waals surface area contributed by atoms with Gasteiger partial charge in [-0.25, -0.2) is 9.97 Å². The summed E-state index contributed by atoms with van der Waals surface area (Å²) in [5.41, 5.74) is 5.75. The fourth-order valence-electron chi connectivity index (χ4n) is 2.19. The zero-order chi connectivity index (χ0) is 13.7. The van der Waals surface area contributed by atoms with Gasteiger partial charge in [0.1, 0.15) is 5.03 Å². The van der Waals surface area contributed by atoms with Crippen LogP contribution in [0.4, 0.5) is 5.82 Å². The molecular formula is C13H20N4OS. The third-order valence-electron chi connectivity index (χ3n) is 3.25. The second-order valence-corrected chi connectivity index (χ2v) is 6.08. The van der Waals surface area contributed by atoms with E-state index in [2.05, 4.69) is 9.97 Å². The van der Waals surface area contributed by atoms with Crippen molar-refractivity contribution < 1.29 is 4.79 Å². The van der Waals surface area contributed by atoms with E-state index in [1.54, 1.807) is 12.4 Å². The van der Waals surface area contributed by atoms with E-state index in [1.165, 1.54) is 24.6 Å². The molecule has 0 bridgehead atoms. The maximum Gasteiger partial charge on any atom is 0.235 e. The highest BCUT2D eigenvalue weighted by molar-refractivity contribution is 8.00. The summed E-state index contributed by atoms with van der Waals surface area (Å²) in [5, 5.41) is 0.468. The number of rotatable bonds is 3. The van der Waals surface area contributed by atoms with E-state index in [1.807, 2.05) is 11.8 Å². The Morgan fingerprint density at radius 2 is 1.89 bits per heavy atom. The van der Waals surface area contributed by atoms with Crippen LogP contribution in [0, 0.1) is 0 Å². The smallest absolute Gasteiger partial charge is 0.235 e. The largest absolute Gasteiger partial charge is 0.381 e. The van der Waals surface area contributed by atoms with Crippen molar-refractivity contribution in [3.63, 3.8) is 0 Å². The van der Waals surface area contributed by atoms with E-state index in [0.717, 1.165) is 25.9 Å². The molecule has 0 aromatic carbocycles. The van der Waals surface area contributed by atoms with Crippen molar-refractivity contribution in [2.45, 2.75) is 42.9 Å². The number of amides is 1. The monoisotopic (exact) mass is 280 g/mol. The highest BCUT2D eigenvalue weighted by Gasteiger charge is 2.23. The maximum atomic E-state index is 12.4. The lowest BCUT2D eigenvalue weighted by Gasteiger charge is -2.23. The molecule has 1 unspecified atom stereocenters. The zero-order valence-electron chi connectivity index (χ0n) is 11.2. The molecule has 2 rings (SSSR count). The molecule has 0 spiro atoms. The van der Waals surface area contributed by atoms with Crippen LogP contribution in [0.15, 0.2) is 17.4 Å². The summed E-state index contributed by atoms with van der Waals surface area (Å²) in [4.78, 5) is 22.5. The third-order valence-corrected chi connectivity index (χ3v) is 4.34. The molecule has 19 heavy (non-hydrogen) atoms. The molecule has 1 aromatic heterocycles. The molecule has 2 heterocycles. The van der Waals surface area contributed by atoms with Crippen molar-refractivity contribution in [3.8, 4) is 0 Å². The normalized spacial score (nSPS) is 17.8. The van der Waals surface area contributed by atoms with E-state index in [0.29, 0.717) is 10.8 Å². The minimum absolute atomic E-state index is 0.169. The minimum atomic E-state index is -0.169. The summed E-state index contributed by atoms with van der Waals surface area (Å²) in [7, 11) is 0. The van der Waals surface area contributed by atoms with Gasteiger partial charge in [0.05, 0.1) is 5.25 Å². The van der Waals surface area contributed by atoms with Gasteiger partial charge in [-0.05, 0) is 19.8 Å². The number of nitrogens with zero attached hydrogens (tertiary/aromatic N) is 3. The number of aromatic nitrogens is 2. The Bertz CT molecular complexity index is 432. The number of hydrogen-bond donors (Lipinski definition) is 1. The number of nitrogens with two attached hydrogens (primary N) is 1. The first-order valence-electron chi connectivity index (χ1n) is 6.70. The van der Waals surface area contributed by atoms with Gasteiger partial charge in [-0.1, -0.05) is 24.6 Å². The Morgan fingerprint density at radius 1 is 1.26 bits per heavy atom. The molecule has 5 nitrogen and oxygen atoms in total. The van der Waals surface area contributed by atoms with Gasteiger partial charge in [0.2, 0.25) is 5.91 Å². The standard InChI is InChI=1S/C13H20N4OS/c1-10(19-12-11(14)15-6-7-16-12)13(18)17-8-4-2-3-5-9-17/h6-7,10H,2-5,8-9H2,1H3,(H2,14,15). The van der Waals surface area contributed by atoms with Crippen molar-refractivity contribution in [2.75, 3.05) is 18.8 Å². The second-order valence-electron chi connectivity index (χ2n) is 4.75. The molecular weight excluding hydrogens is 260 g/mol. The highest BCUT2D eigenvalue weighted by Crippen LogP contribution is 2.26. The third kappa shape index (κ3) is 3.83. The summed E-state index contributed by atoms with van der Waals surface area (Å²) >= 11 is 1.39. The second kappa shape index (κ2) is 6.75. The predicted molar refractivity (Wildman–Crippen MR) is 76.8 cm³/mol. The summed E-state index contributed by atoms with van der Waals surface area (Å²) < 4.78 is 0. The van der Waals surface area contributed by atoms with Crippen LogP contribution in [0.25, 0.3) is 0 Å². The minimum Gasteiger partial charge on any atom is -0.381 e. The molecule has 1 saturated heterocycles. The lowest BCUT2D eigenvalue weighted by molar-refractivity contribution is -0.130. The van der Waals surface area contributed by atoms with Gasteiger partial charge < -0.3 is 10.6 Å². The first-order valence-corrected chi connectivity index (χ1v) is 7.58. The first-order chi connectivity index (χ1) is 9.18. The van der Waals surface area contributed by atoms with E-state index < -0.39 is 0 Å². The van der Waals surface area contributed by atoms with Crippen LogP contribution < -0.4 is 5.73 Å². The Balaban J connectivity index is 1.97. The van der Waals surface area contributed by atoms with Crippen molar-refractivity contribution in [1.82, 2.24) is 14.9 Å². The molecule has 0 radical (unpaired) electrons. The maximum absolute atomic E-state index is 12.4. The molecule has 1 amide bonds. The van der Waals surface area contributed by atoms with Gasteiger partial charge in [0, 0.05) is 25.5 Å². The summed E-state index contributed by atoms with van der Waals surface area (Å²) in [6, 6.07) is 0. The lowest BCUT2D eigenvalue weighted by atomic mass is 10.2. The van der Waals surface area contributed by atoms with Crippen molar-refractivity contribution >= 4 is 23.5 Å². The summed E-state index contributed by atoms with van der Waals surface area (Å²) in [5.74, 6) is 0.569. The molecule has 1 atom stereocenters. The van der Waals surface area contributed by atoms with E-state index in [9.17, 15) is 4.79 Å². The molecule has 1 aliphatic rings. The quantitative estimate of drug-likeness (QED) is 0.857. The molecule has 1 aromatic rings. The Morgan fingerprint density at radius 3 is 2.53 bits per heavy atom. The van der Waals surface area contributed by atoms with Crippen LogP contribution in [0.5, 0.6) is 0 Å². The average Bonchev–Trinajstić information content (AvgIpc) is 2.69. The number of hydrogen-bond acceptors (Lipinski definition) is 5. The lowest BCUT2D eigenvalue weighted by Crippen LogP contribution is -2.37. The Labute approximate surface area is 118 Å². The topological polar surface area (TPSA) is 72.1 Å². The van der Waals surface area contributed by atoms with Crippen molar-refractivity contribution in [3.05, 3.63) is 12.4 Å². The summed E-state index contributed by atoms with van der Waals surface area (Å²) in [6.45, 7) is 3.66. The SMILES string of the molecule is CC(Sc1nccnc1N)C(=O)N1CCCCCC1. The van der Waals surface area contributed by atoms with Crippen LogP contribution in [0.3, 0.4) is 0 Å². The van der Waals surface area contributed by atoms with Crippen molar-refractivity contribution in [1.29, 1.82) is 0 Å². The number of anilines is 1. The van der Waals surface area contributed by atoms with E-state index in [-0.39, 0.29) is 11.2 Å². The van der Waals surface area contributed by atoms with Crippen LogP contribution in [0.1, 0.15) is 32.6 Å². The molecule has 104 valence electrons. The van der Waals surface area contributed by atoms with E-state index >= 15 is 0 Å². The Hall–Kier alpha value is -1.30. The molecule has 2 N–H and O–H groups in total. The molecule has 0 saturated carbocycles. The van der Waals surface area contributed by atoms with E-state index in [4.69, 9.17) is 5.73 Å². The van der Waals surface area contributed by atoms with Crippen LogP contribution in [-0.4, -0.2) is 39.1 Å². The highest BCUT2D eigenvalue weighted by atomic mass is 32.2. The van der Waals surface area contributed by atoms with Gasteiger partial charge in [0.25, 0.3) is 0 Å². The van der Waals surface area contributed by atoms with Gasteiger partial charge in [0.15, 0.2) is 5.82 Å². The van der Waals surface area contributed by atoms with Crippen LogP contribution in [0.2, 0.25) is 0 Å². The van der Waals surface area contributed by atoms with Crippen LogP contribution >= 0.6 is 11.8 Å². The number of carbonyl (C=O) groups is 1. The predicted octanol–water partition coefficient (Wildman–Crippen LogP) is 1.94. The fourth-order valence-corrected chi connectivity index (χ4v) is 3.07. The van der Waals surface area contributed by atoms with Gasteiger partial charge >= 0.3 is 0 Å². The molecule has 1 fully saturated rings. The molecule has 0 aliphatic carbocycles. The van der Waals surface area contributed by atoms with Gasteiger partial charge in [-0.2, -0.15) is 0 Å². The number of likely N-dealkylation sites (tertiary alicyclic amines) is 1. The summed E-state index contributed by atoms with van der Waals surface area (Å²) in [6.07, 6.45) is 7.82. The van der Waals surface area contributed by atoms with Crippen molar-refractivity contribution in [2.24, 2.45) is 0 Å². The molecule has 1 aliphatic heterocycles. The number of carbonyl (C=O) groups excluding carboxylic acids is 1. The Kier molecular flexibility index (Phi) is 5.01. The zero-order valence-corrected chi connectivity index (χ0v) is 12.0. The first kappa shape index (κ1) is 14.1. The number of thioether (sulfide) groups is 1. The fraction of sp³-hybridized carbons (Fsp3) is 0.615. The van der Waals surface area contributed by atoms with Crippen LogP contribution in [-0.2, 0) is 4.79 Å². The van der Waals surface area contributed by atoms with Gasteiger partial charge in [-0.3, -0.25) is 4.79 Å².